The zero-order chi connectivity index (χ0) is 18.5. The van der Waals surface area contributed by atoms with Crippen LogP contribution in [-0.2, 0) is 6.54 Å². The maximum Gasteiger partial charge on any atom is 0.252 e. The van der Waals surface area contributed by atoms with Gasteiger partial charge >= 0.3 is 0 Å². The summed E-state index contributed by atoms with van der Waals surface area (Å²) in [6, 6.07) is 2.13. The Morgan fingerprint density at radius 3 is 2.96 bits per heavy atom. The maximum absolute atomic E-state index is 13.0. The molecule has 27 heavy (non-hydrogen) atoms. The Morgan fingerprint density at radius 2 is 2.22 bits per heavy atom. The Bertz CT molecular complexity index is 1120. The van der Waals surface area contributed by atoms with Crippen molar-refractivity contribution in [2.45, 2.75) is 45.2 Å². The molecular weight excluding hydrogens is 360 g/mol. The van der Waals surface area contributed by atoms with E-state index in [-0.39, 0.29) is 11.9 Å². The maximum atomic E-state index is 13.0. The summed E-state index contributed by atoms with van der Waals surface area (Å²) in [6.45, 7) is 4.54. The van der Waals surface area contributed by atoms with Crippen LogP contribution in [0.1, 0.15) is 60.4 Å². The van der Waals surface area contributed by atoms with Crippen molar-refractivity contribution in [2.75, 3.05) is 0 Å². The topological polar surface area (TPSA) is 77.1 Å². The summed E-state index contributed by atoms with van der Waals surface area (Å²) in [7, 11) is 0. The molecule has 1 N–H and O–H groups in total. The Morgan fingerprint density at radius 1 is 1.37 bits per heavy atom. The van der Waals surface area contributed by atoms with Gasteiger partial charge in [-0.3, -0.25) is 9.20 Å². The summed E-state index contributed by atoms with van der Waals surface area (Å²) in [6.07, 6.45) is 7.94. The molecule has 0 aliphatic heterocycles. The van der Waals surface area contributed by atoms with Gasteiger partial charge in [-0.05, 0) is 32.8 Å². The van der Waals surface area contributed by atoms with Crippen molar-refractivity contribution in [2.24, 2.45) is 0 Å². The molecule has 0 unspecified atom stereocenters. The molecule has 1 fully saturated rings. The molecule has 0 bridgehead atoms. The van der Waals surface area contributed by atoms with Crippen LogP contribution < -0.4 is 5.32 Å². The fourth-order valence-corrected chi connectivity index (χ4v) is 4.04. The van der Waals surface area contributed by atoms with Gasteiger partial charge in [-0.15, -0.1) is 11.3 Å². The van der Waals surface area contributed by atoms with Gasteiger partial charge in [-0.2, -0.15) is 5.10 Å². The molecule has 0 spiro atoms. The number of pyridine rings is 1. The Hall–Kier alpha value is -2.74. The van der Waals surface area contributed by atoms with E-state index in [2.05, 4.69) is 29.2 Å². The van der Waals surface area contributed by atoms with E-state index in [1.807, 2.05) is 32.9 Å². The molecule has 1 amide bonds. The first-order chi connectivity index (χ1) is 13.1. The van der Waals surface area contributed by atoms with E-state index < -0.39 is 0 Å². The molecule has 1 aliphatic rings. The number of amides is 1. The third kappa shape index (κ3) is 2.90. The van der Waals surface area contributed by atoms with E-state index >= 15 is 0 Å². The third-order valence-electron chi connectivity index (χ3n) is 4.89. The highest BCUT2D eigenvalue weighted by Gasteiger charge is 2.28. The lowest BCUT2D eigenvalue weighted by atomic mass is 10.1. The number of aromatic nitrogens is 5. The number of thiazole rings is 1. The number of hydrogen-bond donors (Lipinski definition) is 1. The van der Waals surface area contributed by atoms with Crippen LogP contribution in [0.15, 0.2) is 30.0 Å². The lowest BCUT2D eigenvalue weighted by molar-refractivity contribution is 0.0952. The number of fused-ring (bicyclic) bond motifs is 2. The van der Waals surface area contributed by atoms with Gasteiger partial charge in [0, 0.05) is 35.4 Å². The molecule has 8 heteroatoms. The van der Waals surface area contributed by atoms with Gasteiger partial charge in [0.25, 0.3) is 5.91 Å². The highest BCUT2D eigenvalue weighted by Crippen LogP contribution is 2.40. The highest BCUT2D eigenvalue weighted by atomic mass is 32.1. The SMILES string of the molecule is CC(C)n1ncc2c(C(=O)NCc3cn4ccsc4n3)cc(C3CC3)nc21. The minimum absolute atomic E-state index is 0.107. The smallest absolute Gasteiger partial charge is 0.252 e. The first kappa shape index (κ1) is 16.4. The van der Waals surface area contributed by atoms with Gasteiger partial charge in [0.05, 0.1) is 29.4 Å². The number of nitrogens with zero attached hydrogens (tertiary/aromatic N) is 5. The molecule has 4 aromatic heterocycles. The first-order valence-electron chi connectivity index (χ1n) is 9.17. The first-order valence-corrected chi connectivity index (χ1v) is 10.1. The molecule has 0 atom stereocenters. The van der Waals surface area contributed by atoms with Crippen LogP contribution in [0.5, 0.6) is 0 Å². The lowest BCUT2D eigenvalue weighted by Crippen LogP contribution is -2.23. The van der Waals surface area contributed by atoms with E-state index in [1.165, 1.54) is 0 Å². The van der Waals surface area contributed by atoms with Gasteiger partial charge in [0.1, 0.15) is 0 Å². The van der Waals surface area contributed by atoms with Crippen LogP contribution in [0.25, 0.3) is 16.0 Å². The molecule has 4 heterocycles. The zero-order valence-electron chi connectivity index (χ0n) is 15.2. The minimum Gasteiger partial charge on any atom is -0.346 e. The van der Waals surface area contributed by atoms with Crippen LogP contribution in [0.4, 0.5) is 0 Å². The number of carbonyl (C=O) groups excluding carboxylic acids is 1. The van der Waals surface area contributed by atoms with E-state index in [9.17, 15) is 4.79 Å². The Balaban J connectivity index is 1.47. The van der Waals surface area contributed by atoms with Gasteiger partial charge in [0.15, 0.2) is 10.6 Å². The predicted molar refractivity (Wildman–Crippen MR) is 104 cm³/mol. The highest BCUT2D eigenvalue weighted by molar-refractivity contribution is 7.15. The number of nitrogens with one attached hydrogen (secondary N) is 1. The van der Waals surface area contributed by atoms with Crippen molar-refractivity contribution in [3.05, 3.63) is 47.0 Å². The lowest BCUT2D eigenvalue weighted by Gasteiger charge is -2.10. The second-order valence-corrected chi connectivity index (χ2v) is 8.17. The molecule has 5 rings (SSSR count). The molecule has 0 saturated heterocycles. The average Bonchev–Trinajstić information content (AvgIpc) is 3.08. The van der Waals surface area contributed by atoms with E-state index in [1.54, 1.807) is 17.5 Å². The van der Waals surface area contributed by atoms with Crippen molar-refractivity contribution >= 4 is 33.2 Å². The Labute approximate surface area is 160 Å². The number of hydrogen-bond acceptors (Lipinski definition) is 5. The van der Waals surface area contributed by atoms with Crippen molar-refractivity contribution in [1.29, 1.82) is 0 Å². The molecular formula is C19H20N6OS. The van der Waals surface area contributed by atoms with Crippen molar-refractivity contribution < 1.29 is 4.79 Å². The van der Waals surface area contributed by atoms with Crippen LogP contribution in [0.2, 0.25) is 0 Å². The minimum atomic E-state index is -0.107. The summed E-state index contributed by atoms with van der Waals surface area (Å²) in [5, 5.41) is 10.3. The third-order valence-corrected chi connectivity index (χ3v) is 5.66. The molecule has 0 radical (unpaired) electrons. The van der Waals surface area contributed by atoms with Gasteiger partial charge in [-0.1, -0.05) is 0 Å². The summed E-state index contributed by atoms with van der Waals surface area (Å²) in [5.41, 5.74) is 3.29. The van der Waals surface area contributed by atoms with Crippen molar-refractivity contribution in [3.8, 4) is 0 Å². The number of rotatable bonds is 5. The standard InChI is InChI=1S/C19H20N6OS/c1-11(2)25-17-15(9-21-25)14(7-16(23-17)12-3-4-12)18(26)20-8-13-10-24-5-6-27-19(24)22-13/h5-7,9-12H,3-4,8H2,1-2H3,(H,20,26). The average molecular weight is 380 g/mol. The monoisotopic (exact) mass is 380 g/mol. The summed E-state index contributed by atoms with van der Waals surface area (Å²) in [5.74, 6) is 0.361. The molecule has 7 nitrogen and oxygen atoms in total. The zero-order valence-corrected chi connectivity index (χ0v) is 16.0. The van der Waals surface area contributed by atoms with Crippen LogP contribution in [0, 0.1) is 0 Å². The van der Waals surface area contributed by atoms with Crippen molar-refractivity contribution in [3.63, 3.8) is 0 Å². The van der Waals surface area contributed by atoms with Gasteiger partial charge < -0.3 is 5.32 Å². The second-order valence-electron chi connectivity index (χ2n) is 7.30. The van der Waals surface area contributed by atoms with Crippen LogP contribution >= 0.6 is 11.3 Å². The molecule has 1 saturated carbocycles. The van der Waals surface area contributed by atoms with Gasteiger partial charge in [-0.25, -0.2) is 14.6 Å². The predicted octanol–water partition coefficient (Wildman–Crippen LogP) is 3.53. The van der Waals surface area contributed by atoms with Crippen molar-refractivity contribution in [1.82, 2.24) is 29.5 Å². The molecule has 0 aromatic carbocycles. The van der Waals surface area contributed by atoms with Crippen LogP contribution in [-0.4, -0.2) is 30.1 Å². The largest absolute Gasteiger partial charge is 0.346 e. The fraction of sp³-hybridized carbons (Fsp3) is 0.368. The quantitative estimate of drug-likeness (QED) is 0.575. The summed E-state index contributed by atoms with van der Waals surface area (Å²) in [4.78, 5) is 23.2. The summed E-state index contributed by atoms with van der Waals surface area (Å²) >= 11 is 1.58. The molecule has 4 aromatic rings. The molecule has 138 valence electrons. The summed E-state index contributed by atoms with van der Waals surface area (Å²) < 4.78 is 3.86. The van der Waals surface area contributed by atoms with Crippen LogP contribution in [0.3, 0.4) is 0 Å². The Kier molecular flexibility index (Phi) is 3.75. The van der Waals surface area contributed by atoms with E-state index in [4.69, 9.17) is 4.98 Å². The number of carbonyl (C=O) groups is 1. The van der Waals surface area contributed by atoms with E-state index in [0.29, 0.717) is 18.0 Å². The van der Waals surface area contributed by atoms with E-state index in [0.717, 1.165) is 40.2 Å². The van der Waals surface area contributed by atoms with Gasteiger partial charge in [0.2, 0.25) is 0 Å². The fourth-order valence-electron chi connectivity index (χ4n) is 3.32. The number of imidazole rings is 1. The normalized spacial score (nSPS) is 14.5. The molecule has 1 aliphatic carbocycles. The second kappa shape index (κ2) is 6.16.